The third-order valence-corrected chi connectivity index (χ3v) is 6.90. The highest BCUT2D eigenvalue weighted by molar-refractivity contribution is 7.89. The third-order valence-electron chi connectivity index (χ3n) is 4.93. The van der Waals surface area contributed by atoms with Crippen LogP contribution in [0.1, 0.15) is 23.1 Å². The van der Waals surface area contributed by atoms with Crippen LogP contribution in [-0.2, 0) is 10.0 Å². The Morgan fingerprint density at radius 2 is 1.57 bits per heavy atom. The molecule has 3 aromatic carbocycles. The van der Waals surface area contributed by atoms with Crippen LogP contribution in [0.15, 0.2) is 83.8 Å². The average molecular weight is 436 g/mol. The molecule has 0 atom stereocenters. The molecule has 0 aromatic heterocycles. The van der Waals surface area contributed by atoms with Crippen LogP contribution < -0.4 is 5.43 Å². The van der Waals surface area contributed by atoms with E-state index in [2.05, 4.69) is 5.43 Å². The molecule has 30 heavy (non-hydrogen) atoms. The van der Waals surface area contributed by atoms with Gasteiger partial charge in [0.25, 0.3) is 10.0 Å². The number of hydrogen-bond acceptors (Lipinski definition) is 4. The number of nitrogens with one attached hydrogen (secondary N) is 1. The van der Waals surface area contributed by atoms with Crippen molar-refractivity contribution in [1.82, 2.24) is 9.84 Å². The summed E-state index contributed by atoms with van der Waals surface area (Å²) in [4.78, 5) is 0.132. The molecule has 5 nitrogen and oxygen atoms in total. The zero-order valence-corrected chi connectivity index (χ0v) is 17.5. The van der Waals surface area contributed by atoms with Crippen LogP contribution in [0.5, 0.6) is 0 Å². The van der Waals surface area contributed by atoms with Gasteiger partial charge in [-0.2, -0.15) is 5.26 Å². The van der Waals surface area contributed by atoms with Crippen molar-refractivity contribution in [2.24, 2.45) is 0 Å². The minimum Gasteiger partial charge on any atom is -0.304 e. The monoisotopic (exact) mass is 435 g/mol. The molecular formula is C23H18ClN3O2S. The van der Waals surface area contributed by atoms with Crippen molar-refractivity contribution in [2.45, 2.75) is 11.3 Å². The number of rotatable bonds is 4. The molecule has 0 aliphatic carbocycles. The number of halogens is 1. The molecule has 0 amide bonds. The first-order valence-electron chi connectivity index (χ1n) is 9.33. The maximum absolute atomic E-state index is 13.2. The van der Waals surface area contributed by atoms with Gasteiger partial charge in [0.1, 0.15) is 0 Å². The van der Waals surface area contributed by atoms with Gasteiger partial charge in [-0.1, -0.05) is 54.1 Å². The van der Waals surface area contributed by atoms with E-state index in [1.54, 1.807) is 12.1 Å². The van der Waals surface area contributed by atoms with E-state index < -0.39 is 10.0 Å². The van der Waals surface area contributed by atoms with E-state index in [0.717, 1.165) is 22.4 Å². The maximum Gasteiger partial charge on any atom is 0.259 e. The number of sulfonamides is 1. The second kappa shape index (κ2) is 8.33. The molecule has 0 radical (unpaired) electrons. The first-order chi connectivity index (χ1) is 14.5. The Morgan fingerprint density at radius 1 is 0.900 bits per heavy atom. The Balaban J connectivity index is 1.75. The van der Waals surface area contributed by atoms with Crippen LogP contribution in [0.25, 0.3) is 11.3 Å². The highest BCUT2D eigenvalue weighted by atomic mass is 35.5. The SMILES string of the molecule is N#Cc1ccc(S(=O)(=O)N2CCC(c3ccccc3)=C(c3ccc(Cl)cc3)N2)cc1. The van der Waals surface area contributed by atoms with E-state index in [4.69, 9.17) is 16.9 Å². The highest BCUT2D eigenvalue weighted by Crippen LogP contribution is 2.33. The second-order valence-electron chi connectivity index (χ2n) is 6.80. The van der Waals surface area contributed by atoms with E-state index >= 15 is 0 Å². The summed E-state index contributed by atoms with van der Waals surface area (Å²) in [5, 5.41) is 9.57. The van der Waals surface area contributed by atoms with Gasteiger partial charge >= 0.3 is 0 Å². The largest absolute Gasteiger partial charge is 0.304 e. The van der Waals surface area contributed by atoms with Gasteiger partial charge in [-0.25, -0.2) is 8.42 Å². The van der Waals surface area contributed by atoms with Crippen molar-refractivity contribution < 1.29 is 8.42 Å². The molecule has 1 aliphatic rings. The van der Waals surface area contributed by atoms with Gasteiger partial charge in [0, 0.05) is 11.6 Å². The first-order valence-corrected chi connectivity index (χ1v) is 11.1. The molecule has 1 N–H and O–H groups in total. The Hall–Kier alpha value is -3.11. The number of nitrogens with zero attached hydrogens (tertiary/aromatic N) is 2. The van der Waals surface area contributed by atoms with E-state index in [1.165, 1.54) is 28.7 Å². The van der Waals surface area contributed by atoms with Crippen molar-refractivity contribution >= 4 is 32.9 Å². The van der Waals surface area contributed by atoms with Crippen LogP contribution in [0, 0.1) is 11.3 Å². The minimum absolute atomic E-state index is 0.132. The van der Waals surface area contributed by atoms with E-state index in [0.29, 0.717) is 17.0 Å². The Labute approximate surface area is 180 Å². The minimum atomic E-state index is -3.79. The van der Waals surface area contributed by atoms with Crippen molar-refractivity contribution in [3.05, 3.63) is 101 Å². The molecule has 0 saturated carbocycles. The lowest BCUT2D eigenvalue weighted by Gasteiger charge is -2.32. The summed E-state index contributed by atoms with van der Waals surface area (Å²) >= 11 is 6.04. The lowest BCUT2D eigenvalue weighted by Crippen LogP contribution is -2.45. The number of nitriles is 1. The molecule has 4 rings (SSSR count). The molecule has 0 spiro atoms. The van der Waals surface area contributed by atoms with Crippen molar-refractivity contribution in [3.8, 4) is 6.07 Å². The van der Waals surface area contributed by atoms with Gasteiger partial charge < -0.3 is 5.43 Å². The van der Waals surface area contributed by atoms with Gasteiger partial charge in [-0.15, -0.1) is 4.41 Å². The van der Waals surface area contributed by atoms with Gasteiger partial charge in [0.2, 0.25) is 0 Å². The van der Waals surface area contributed by atoms with Gasteiger partial charge in [0.15, 0.2) is 0 Å². The lowest BCUT2D eigenvalue weighted by atomic mass is 9.96. The zero-order chi connectivity index (χ0) is 21.1. The van der Waals surface area contributed by atoms with Gasteiger partial charge in [-0.3, -0.25) is 0 Å². The molecule has 0 bridgehead atoms. The Kier molecular flexibility index (Phi) is 5.60. The summed E-state index contributed by atoms with van der Waals surface area (Å²) in [5.41, 5.74) is 7.17. The maximum atomic E-state index is 13.2. The molecule has 0 unspecified atom stereocenters. The fraction of sp³-hybridized carbons (Fsp3) is 0.0870. The second-order valence-corrected chi connectivity index (χ2v) is 9.10. The van der Waals surface area contributed by atoms with Crippen LogP contribution in [-0.4, -0.2) is 19.4 Å². The van der Waals surface area contributed by atoms with Gasteiger partial charge in [0.05, 0.1) is 22.2 Å². The first kappa shape index (κ1) is 20.2. The zero-order valence-electron chi connectivity index (χ0n) is 15.9. The van der Waals surface area contributed by atoms with Gasteiger partial charge in [-0.05, 0) is 59.5 Å². The number of hydrogen-bond donors (Lipinski definition) is 1. The van der Waals surface area contributed by atoms with Crippen molar-refractivity contribution in [3.63, 3.8) is 0 Å². The predicted octanol–water partition coefficient (Wildman–Crippen LogP) is 4.68. The fourth-order valence-corrected chi connectivity index (χ4v) is 4.78. The average Bonchev–Trinajstić information content (AvgIpc) is 2.80. The van der Waals surface area contributed by atoms with E-state index in [-0.39, 0.29) is 11.4 Å². The molecular weight excluding hydrogens is 418 g/mol. The molecule has 0 fully saturated rings. The summed E-state index contributed by atoms with van der Waals surface area (Å²) in [6.07, 6.45) is 0.546. The molecule has 1 aliphatic heterocycles. The standard InChI is InChI=1S/C23H18ClN3O2S/c24-20-10-8-19(9-11-20)23-22(18-4-2-1-3-5-18)14-15-27(26-23)30(28,29)21-12-6-17(16-25)7-13-21/h1-13,26H,14-15H2. The lowest BCUT2D eigenvalue weighted by molar-refractivity contribution is 0.366. The topological polar surface area (TPSA) is 73.2 Å². The van der Waals surface area contributed by atoms with E-state index in [1.807, 2.05) is 48.5 Å². The summed E-state index contributed by atoms with van der Waals surface area (Å²) in [6.45, 7) is 0.281. The number of benzene rings is 3. The quantitative estimate of drug-likeness (QED) is 0.645. The Bertz CT molecular complexity index is 1230. The normalized spacial score (nSPS) is 14.8. The molecule has 150 valence electrons. The molecule has 3 aromatic rings. The summed E-state index contributed by atoms with van der Waals surface area (Å²) < 4.78 is 27.7. The van der Waals surface area contributed by atoms with Crippen LogP contribution in [0.4, 0.5) is 0 Å². The number of hydrazine groups is 1. The van der Waals surface area contributed by atoms with Crippen molar-refractivity contribution in [2.75, 3.05) is 6.54 Å². The summed E-state index contributed by atoms with van der Waals surface area (Å²) in [5.74, 6) is 0. The van der Waals surface area contributed by atoms with E-state index in [9.17, 15) is 8.42 Å². The highest BCUT2D eigenvalue weighted by Gasteiger charge is 2.30. The Morgan fingerprint density at radius 3 is 2.20 bits per heavy atom. The molecule has 7 heteroatoms. The predicted molar refractivity (Wildman–Crippen MR) is 118 cm³/mol. The molecule has 0 saturated heterocycles. The smallest absolute Gasteiger partial charge is 0.259 e. The third kappa shape index (κ3) is 3.96. The fourth-order valence-electron chi connectivity index (χ4n) is 3.38. The summed E-state index contributed by atoms with van der Waals surface area (Å²) in [7, 11) is -3.79. The van der Waals surface area contributed by atoms with Crippen LogP contribution in [0.2, 0.25) is 5.02 Å². The molecule has 1 heterocycles. The van der Waals surface area contributed by atoms with Crippen molar-refractivity contribution in [1.29, 1.82) is 5.26 Å². The van der Waals surface area contributed by atoms with Crippen LogP contribution >= 0.6 is 11.6 Å². The van der Waals surface area contributed by atoms with Crippen LogP contribution in [0.3, 0.4) is 0 Å². The summed E-state index contributed by atoms with van der Waals surface area (Å²) in [6, 6.07) is 25.1.